The molecular formula is C8H13NO2S. The molecule has 0 saturated carbocycles. The predicted octanol–water partition coefficient (Wildman–Crippen LogP) is 1.60. The van der Waals surface area contributed by atoms with E-state index in [9.17, 15) is 5.11 Å². The first-order valence-electron chi connectivity index (χ1n) is 3.91. The molecule has 0 fully saturated rings. The second kappa shape index (κ2) is 5.24. The Bertz CT molecular complexity index is 201. The lowest BCUT2D eigenvalue weighted by molar-refractivity contribution is 0.136. The van der Waals surface area contributed by atoms with E-state index in [1.807, 2.05) is 5.38 Å². The van der Waals surface area contributed by atoms with Gasteiger partial charge in [0.2, 0.25) is 0 Å². The molecule has 1 aromatic heterocycles. The standard InChI is InChI=1S/C8H13NO2S/c1-11-5-2-3-7(10)8-9-4-6-12-8/h4,6-7,10H,2-3,5H2,1H3. The van der Waals surface area contributed by atoms with Crippen molar-refractivity contribution >= 4 is 11.3 Å². The fourth-order valence-corrected chi connectivity index (χ4v) is 1.60. The minimum Gasteiger partial charge on any atom is -0.386 e. The molecule has 0 aromatic carbocycles. The van der Waals surface area contributed by atoms with Crippen molar-refractivity contribution in [1.29, 1.82) is 0 Å². The average molecular weight is 187 g/mol. The van der Waals surface area contributed by atoms with Gasteiger partial charge in [0, 0.05) is 25.3 Å². The van der Waals surface area contributed by atoms with Crippen molar-refractivity contribution in [1.82, 2.24) is 4.98 Å². The first-order valence-corrected chi connectivity index (χ1v) is 4.79. The predicted molar refractivity (Wildman–Crippen MR) is 48.2 cm³/mol. The number of aliphatic hydroxyl groups is 1. The molecular weight excluding hydrogens is 174 g/mol. The van der Waals surface area contributed by atoms with Gasteiger partial charge in [0.25, 0.3) is 0 Å². The van der Waals surface area contributed by atoms with Crippen molar-refractivity contribution < 1.29 is 9.84 Å². The third-order valence-corrected chi connectivity index (χ3v) is 2.44. The van der Waals surface area contributed by atoms with Gasteiger partial charge >= 0.3 is 0 Å². The molecule has 0 saturated heterocycles. The molecule has 1 N–H and O–H groups in total. The van der Waals surface area contributed by atoms with Crippen LogP contribution in [0.15, 0.2) is 11.6 Å². The van der Waals surface area contributed by atoms with Gasteiger partial charge in [-0.3, -0.25) is 0 Å². The summed E-state index contributed by atoms with van der Waals surface area (Å²) < 4.78 is 4.88. The van der Waals surface area contributed by atoms with E-state index >= 15 is 0 Å². The van der Waals surface area contributed by atoms with Crippen molar-refractivity contribution in [3.63, 3.8) is 0 Å². The van der Waals surface area contributed by atoms with Crippen molar-refractivity contribution in [2.75, 3.05) is 13.7 Å². The Kier molecular flexibility index (Phi) is 4.21. The Balaban J connectivity index is 2.25. The molecule has 68 valence electrons. The van der Waals surface area contributed by atoms with Crippen LogP contribution < -0.4 is 0 Å². The van der Waals surface area contributed by atoms with Crippen LogP contribution in [0, 0.1) is 0 Å². The molecule has 0 amide bonds. The topological polar surface area (TPSA) is 42.4 Å². The summed E-state index contributed by atoms with van der Waals surface area (Å²) in [7, 11) is 1.66. The third kappa shape index (κ3) is 2.89. The third-order valence-electron chi connectivity index (χ3n) is 1.56. The number of nitrogens with zero attached hydrogens (tertiary/aromatic N) is 1. The number of ether oxygens (including phenoxy) is 1. The Morgan fingerprint density at radius 3 is 3.17 bits per heavy atom. The normalized spacial score (nSPS) is 13.2. The maximum atomic E-state index is 9.53. The van der Waals surface area contributed by atoms with Crippen molar-refractivity contribution in [2.24, 2.45) is 0 Å². The summed E-state index contributed by atoms with van der Waals surface area (Å²) in [4.78, 5) is 4.02. The highest BCUT2D eigenvalue weighted by molar-refractivity contribution is 7.09. The maximum Gasteiger partial charge on any atom is 0.121 e. The van der Waals surface area contributed by atoms with Crippen LogP contribution in [0.1, 0.15) is 24.0 Å². The molecule has 12 heavy (non-hydrogen) atoms. The number of aromatic nitrogens is 1. The van der Waals surface area contributed by atoms with E-state index in [1.165, 1.54) is 11.3 Å². The molecule has 0 aliphatic heterocycles. The van der Waals surface area contributed by atoms with E-state index in [2.05, 4.69) is 4.98 Å². The number of methoxy groups -OCH3 is 1. The van der Waals surface area contributed by atoms with E-state index in [1.54, 1.807) is 13.3 Å². The van der Waals surface area contributed by atoms with E-state index < -0.39 is 6.10 Å². The largest absolute Gasteiger partial charge is 0.386 e. The van der Waals surface area contributed by atoms with Gasteiger partial charge in [-0.15, -0.1) is 11.3 Å². The second-order valence-electron chi connectivity index (χ2n) is 2.52. The van der Waals surface area contributed by atoms with Crippen LogP contribution in [0.5, 0.6) is 0 Å². The highest BCUT2D eigenvalue weighted by Gasteiger charge is 2.08. The Hall–Kier alpha value is -0.450. The summed E-state index contributed by atoms with van der Waals surface area (Å²) in [6.45, 7) is 0.697. The number of hydrogen-bond acceptors (Lipinski definition) is 4. The van der Waals surface area contributed by atoms with Crippen molar-refractivity contribution in [3.8, 4) is 0 Å². The van der Waals surface area contributed by atoms with Gasteiger partial charge in [-0.25, -0.2) is 4.98 Å². The van der Waals surface area contributed by atoms with Crippen LogP contribution in [0.2, 0.25) is 0 Å². The van der Waals surface area contributed by atoms with Gasteiger partial charge in [0.1, 0.15) is 11.1 Å². The number of thiazole rings is 1. The lowest BCUT2D eigenvalue weighted by atomic mass is 10.2. The molecule has 1 rings (SSSR count). The number of hydrogen-bond donors (Lipinski definition) is 1. The fourth-order valence-electron chi connectivity index (χ4n) is 0.944. The van der Waals surface area contributed by atoms with Crippen molar-refractivity contribution in [3.05, 3.63) is 16.6 Å². The highest BCUT2D eigenvalue weighted by Crippen LogP contribution is 2.19. The van der Waals surface area contributed by atoms with Crippen LogP contribution >= 0.6 is 11.3 Å². The second-order valence-corrected chi connectivity index (χ2v) is 3.45. The molecule has 0 aliphatic carbocycles. The Labute approximate surface area is 76.0 Å². The summed E-state index contributed by atoms with van der Waals surface area (Å²) in [5, 5.41) is 12.2. The zero-order valence-electron chi connectivity index (χ0n) is 7.06. The first kappa shape index (κ1) is 9.64. The maximum absolute atomic E-state index is 9.53. The fraction of sp³-hybridized carbons (Fsp3) is 0.625. The van der Waals surface area contributed by atoms with E-state index in [0.29, 0.717) is 6.61 Å². The summed E-state index contributed by atoms with van der Waals surface area (Å²) in [5.74, 6) is 0. The smallest absolute Gasteiger partial charge is 0.121 e. The molecule has 0 bridgehead atoms. The van der Waals surface area contributed by atoms with Gasteiger partial charge in [-0.2, -0.15) is 0 Å². The molecule has 1 unspecified atom stereocenters. The Morgan fingerprint density at radius 1 is 1.75 bits per heavy atom. The zero-order chi connectivity index (χ0) is 8.81. The SMILES string of the molecule is COCCCC(O)c1nccs1. The monoisotopic (exact) mass is 187 g/mol. The lowest BCUT2D eigenvalue weighted by Gasteiger charge is -2.05. The highest BCUT2D eigenvalue weighted by atomic mass is 32.1. The molecule has 1 atom stereocenters. The Morgan fingerprint density at radius 2 is 2.58 bits per heavy atom. The molecule has 0 radical (unpaired) electrons. The van der Waals surface area contributed by atoms with Crippen molar-refractivity contribution in [2.45, 2.75) is 18.9 Å². The van der Waals surface area contributed by atoms with Crippen LogP contribution in [-0.4, -0.2) is 23.8 Å². The summed E-state index contributed by atoms with van der Waals surface area (Å²) in [6, 6.07) is 0. The minimum atomic E-state index is -0.417. The summed E-state index contributed by atoms with van der Waals surface area (Å²) >= 11 is 1.49. The van der Waals surface area contributed by atoms with Crippen LogP contribution in [-0.2, 0) is 4.74 Å². The van der Waals surface area contributed by atoms with Gasteiger partial charge in [0.15, 0.2) is 0 Å². The minimum absolute atomic E-state index is 0.417. The van der Waals surface area contributed by atoms with Gasteiger partial charge in [-0.05, 0) is 12.8 Å². The van der Waals surface area contributed by atoms with Gasteiger partial charge in [0.05, 0.1) is 0 Å². The molecule has 3 nitrogen and oxygen atoms in total. The molecule has 0 spiro atoms. The van der Waals surface area contributed by atoms with E-state index in [-0.39, 0.29) is 0 Å². The summed E-state index contributed by atoms with van der Waals surface area (Å²) in [6.07, 6.45) is 2.89. The molecule has 1 aromatic rings. The van der Waals surface area contributed by atoms with Gasteiger partial charge < -0.3 is 9.84 Å². The van der Waals surface area contributed by atoms with Crippen LogP contribution in [0.3, 0.4) is 0 Å². The molecule has 1 heterocycles. The van der Waals surface area contributed by atoms with Crippen LogP contribution in [0.25, 0.3) is 0 Å². The van der Waals surface area contributed by atoms with E-state index in [4.69, 9.17) is 4.74 Å². The number of rotatable bonds is 5. The summed E-state index contributed by atoms with van der Waals surface area (Å²) in [5.41, 5.74) is 0. The lowest BCUT2D eigenvalue weighted by Crippen LogP contribution is -1.98. The van der Waals surface area contributed by atoms with E-state index in [0.717, 1.165) is 17.8 Å². The molecule has 4 heteroatoms. The zero-order valence-corrected chi connectivity index (χ0v) is 7.88. The molecule has 0 aliphatic rings. The number of aliphatic hydroxyl groups excluding tert-OH is 1. The van der Waals surface area contributed by atoms with Crippen LogP contribution in [0.4, 0.5) is 0 Å². The first-order chi connectivity index (χ1) is 5.84. The quantitative estimate of drug-likeness (QED) is 0.712. The van der Waals surface area contributed by atoms with Gasteiger partial charge in [-0.1, -0.05) is 0 Å². The average Bonchev–Trinajstić information content (AvgIpc) is 2.56.